The summed E-state index contributed by atoms with van der Waals surface area (Å²) in [7, 11) is 0. The number of carbonyl (C=O) groups is 2. The number of phenolic OH excluding ortho intramolecular Hbond substituents is 1. The first-order valence-corrected chi connectivity index (χ1v) is 6.49. The molecule has 1 aliphatic rings. The number of piperidine rings is 1. The fourth-order valence-electron chi connectivity index (χ4n) is 2.48. The molecule has 1 saturated heterocycles. The number of nitrogens with two attached hydrogens (primary N) is 1. The molecule has 0 radical (unpaired) electrons. The van der Waals surface area contributed by atoms with E-state index in [0.717, 1.165) is 24.6 Å². The Morgan fingerprint density at radius 1 is 1.38 bits per heavy atom. The molecule has 21 heavy (non-hydrogen) atoms. The number of hydrogen-bond acceptors (Lipinski definition) is 5. The Hall–Kier alpha value is -2.64. The second-order valence-electron chi connectivity index (χ2n) is 4.87. The highest BCUT2D eigenvalue weighted by Crippen LogP contribution is 2.27. The molecule has 1 fully saturated rings. The molecular weight excluding hydrogens is 278 g/mol. The van der Waals surface area contributed by atoms with Crippen LogP contribution in [0.3, 0.4) is 0 Å². The summed E-state index contributed by atoms with van der Waals surface area (Å²) < 4.78 is 0. The molecule has 8 nitrogen and oxygen atoms in total. The van der Waals surface area contributed by atoms with Crippen LogP contribution in [-0.2, 0) is 4.79 Å². The smallest absolute Gasteiger partial charge is 0.282 e. The molecule has 0 spiro atoms. The minimum atomic E-state index is -0.770. The monoisotopic (exact) mass is 293 g/mol. The van der Waals surface area contributed by atoms with Gasteiger partial charge in [-0.2, -0.15) is 0 Å². The van der Waals surface area contributed by atoms with Gasteiger partial charge in [0.15, 0.2) is 0 Å². The highest BCUT2D eigenvalue weighted by atomic mass is 16.6. The van der Waals surface area contributed by atoms with Crippen molar-refractivity contribution in [3.8, 4) is 5.75 Å². The van der Waals surface area contributed by atoms with Crippen molar-refractivity contribution >= 4 is 17.5 Å². The van der Waals surface area contributed by atoms with E-state index in [4.69, 9.17) is 5.73 Å². The molecule has 8 heteroatoms. The van der Waals surface area contributed by atoms with Crippen molar-refractivity contribution in [2.24, 2.45) is 5.73 Å². The lowest BCUT2D eigenvalue weighted by Crippen LogP contribution is -2.50. The molecule has 1 aliphatic heterocycles. The summed E-state index contributed by atoms with van der Waals surface area (Å²) in [6.45, 7) is 0.305. The fraction of sp³-hybridized carbons (Fsp3) is 0.385. The predicted octanol–water partition coefficient (Wildman–Crippen LogP) is 0.780. The zero-order valence-electron chi connectivity index (χ0n) is 11.2. The fourth-order valence-corrected chi connectivity index (χ4v) is 2.48. The van der Waals surface area contributed by atoms with E-state index in [-0.39, 0.29) is 11.3 Å². The summed E-state index contributed by atoms with van der Waals surface area (Å²) in [4.78, 5) is 35.5. The number of benzene rings is 1. The van der Waals surface area contributed by atoms with Gasteiger partial charge in [0.2, 0.25) is 5.91 Å². The first-order valence-electron chi connectivity index (χ1n) is 6.49. The van der Waals surface area contributed by atoms with Gasteiger partial charge in [0, 0.05) is 12.6 Å². The molecule has 112 valence electrons. The van der Waals surface area contributed by atoms with Gasteiger partial charge in [-0.25, -0.2) is 0 Å². The maximum absolute atomic E-state index is 12.5. The number of primary amides is 1. The second-order valence-corrected chi connectivity index (χ2v) is 4.87. The van der Waals surface area contributed by atoms with Crippen molar-refractivity contribution in [3.63, 3.8) is 0 Å². The third kappa shape index (κ3) is 2.93. The normalized spacial score (nSPS) is 18.3. The van der Waals surface area contributed by atoms with Gasteiger partial charge in [-0.3, -0.25) is 19.7 Å². The van der Waals surface area contributed by atoms with Gasteiger partial charge in [-0.05, 0) is 31.4 Å². The third-order valence-electron chi connectivity index (χ3n) is 3.50. The van der Waals surface area contributed by atoms with Gasteiger partial charge in [-0.15, -0.1) is 0 Å². The lowest BCUT2D eigenvalue weighted by molar-refractivity contribution is -0.385. The van der Waals surface area contributed by atoms with Crippen LogP contribution in [0, 0.1) is 10.1 Å². The predicted molar refractivity (Wildman–Crippen MR) is 72.6 cm³/mol. The van der Waals surface area contributed by atoms with E-state index in [9.17, 15) is 24.8 Å². The highest BCUT2D eigenvalue weighted by Gasteiger charge is 2.34. The second kappa shape index (κ2) is 5.78. The molecule has 1 atom stereocenters. The van der Waals surface area contributed by atoms with E-state index in [1.54, 1.807) is 0 Å². The first kappa shape index (κ1) is 14.8. The number of nitro groups is 1. The largest absolute Gasteiger partial charge is 0.508 e. The Morgan fingerprint density at radius 3 is 2.71 bits per heavy atom. The minimum absolute atomic E-state index is 0.242. The zero-order valence-corrected chi connectivity index (χ0v) is 11.2. The lowest BCUT2D eigenvalue weighted by Gasteiger charge is -2.33. The number of amides is 2. The van der Waals surface area contributed by atoms with Crippen LogP contribution in [0.25, 0.3) is 0 Å². The van der Waals surface area contributed by atoms with Crippen LogP contribution in [0.4, 0.5) is 5.69 Å². The standard InChI is InChI=1S/C13H15N3O5/c14-12(18)11-3-1-2-6-15(11)13(19)9-7-8(17)4-5-10(9)16(20)21/h4-5,7,11,17H,1-3,6H2,(H2,14,18). The Kier molecular flexibility index (Phi) is 4.06. The van der Waals surface area contributed by atoms with E-state index < -0.39 is 28.5 Å². The molecule has 1 aromatic carbocycles. The molecule has 0 aromatic heterocycles. The van der Waals surface area contributed by atoms with Gasteiger partial charge in [0.1, 0.15) is 17.4 Å². The zero-order chi connectivity index (χ0) is 15.6. The van der Waals surface area contributed by atoms with E-state index in [2.05, 4.69) is 0 Å². The molecule has 1 unspecified atom stereocenters. The summed E-state index contributed by atoms with van der Waals surface area (Å²) in [5.74, 6) is -1.55. The van der Waals surface area contributed by atoms with Gasteiger partial charge in [-0.1, -0.05) is 0 Å². The maximum atomic E-state index is 12.5. The molecule has 1 heterocycles. The molecule has 1 aromatic rings. The van der Waals surface area contributed by atoms with Crippen LogP contribution < -0.4 is 5.73 Å². The van der Waals surface area contributed by atoms with Crippen molar-refractivity contribution < 1.29 is 19.6 Å². The van der Waals surface area contributed by atoms with E-state index >= 15 is 0 Å². The molecule has 0 saturated carbocycles. The molecule has 0 aliphatic carbocycles. The number of rotatable bonds is 3. The average Bonchev–Trinajstić information content (AvgIpc) is 2.46. The average molecular weight is 293 g/mol. The van der Waals surface area contributed by atoms with Crippen molar-refractivity contribution in [1.29, 1.82) is 0 Å². The SMILES string of the molecule is NC(=O)C1CCCCN1C(=O)c1cc(O)ccc1[N+](=O)[O-]. The van der Waals surface area contributed by atoms with E-state index in [0.29, 0.717) is 19.4 Å². The number of phenols is 1. The van der Waals surface area contributed by atoms with Crippen LogP contribution in [0.1, 0.15) is 29.6 Å². The molecule has 2 rings (SSSR count). The molecule has 2 amide bonds. The lowest BCUT2D eigenvalue weighted by atomic mass is 10.00. The Morgan fingerprint density at radius 2 is 2.10 bits per heavy atom. The summed E-state index contributed by atoms with van der Waals surface area (Å²) >= 11 is 0. The van der Waals surface area contributed by atoms with Crippen LogP contribution in [-0.4, -0.2) is 39.3 Å². The van der Waals surface area contributed by atoms with Crippen molar-refractivity contribution in [3.05, 3.63) is 33.9 Å². The van der Waals surface area contributed by atoms with Gasteiger partial charge < -0.3 is 15.7 Å². The Labute approximate surface area is 120 Å². The molecular formula is C13H15N3O5. The summed E-state index contributed by atoms with van der Waals surface area (Å²) in [6.07, 6.45) is 1.90. The number of likely N-dealkylation sites (tertiary alicyclic amines) is 1. The van der Waals surface area contributed by atoms with Crippen LogP contribution in [0.2, 0.25) is 0 Å². The minimum Gasteiger partial charge on any atom is -0.508 e. The topological polar surface area (TPSA) is 127 Å². The van der Waals surface area contributed by atoms with Gasteiger partial charge in [0.05, 0.1) is 4.92 Å². The number of carbonyl (C=O) groups excluding carboxylic acids is 2. The summed E-state index contributed by atoms with van der Waals surface area (Å²) in [6, 6.07) is 2.46. The summed E-state index contributed by atoms with van der Waals surface area (Å²) in [5, 5.41) is 20.5. The van der Waals surface area contributed by atoms with Crippen LogP contribution >= 0.6 is 0 Å². The van der Waals surface area contributed by atoms with Crippen molar-refractivity contribution in [1.82, 2.24) is 4.90 Å². The Balaban J connectivity index is 2.40. The van der Waals surface area contributed by atoms with Crippen molar-refractivity contribution in [2.45, 2.75) is 25.3 Å². The highest BCUT2D eigenvalue weighted by molar-refractivity contribution is 6.01. The number of hydrogen-bond donors (Lipinski definition) is 2. The quantitative estimate of drug-likeness (QED) is 0.629. The van der Waals surface area contributed by atoms with Crippen molar-refractivity contribution in [2.75, 3.05) is 6.54 Å². The van der Waals surface area contributed by atoms with E-state index in [1.807, 2.05) is 0 Å². The number of nitro benzene ring substituents is 1. The Bertz CT molecular complexity index is 601. The van der Waals surface area contributed by atoms with Gasteiger partial charge >= 0.3 is 0 Å². The molecule has 0 bridgehead atoms. The summed E-state index contributed by atoms with van der Waals surface area (Å²) in [5.41, 5.74) is 4.63. The maximum Gasteiger partial charge on any atom is 0.282 e. The van der Waals surface area contributed by atoms with Crippen LogP contribution in [0.5, 0.6) is 5.75 Å². The van der Waals surface area contributed by atoms with Gasteiger partial charge in [0.25, 0.3) is 11.6 Å². The molecule has 3 N–H and O–H groups in total. The number of nitrogens with zero attached hydrogens (tertiary/aromatic N) is 2. The van der Waals surface area contributed by atoms with E-state index in [1.165, 1.54) is 4.90 Å². The van der Waals surface area contributed by atoms with Crippen LogP contribution in [0.15, 0.2) is 18.2 Å². The first-order chi connectivity index (χ1) is 9.91. The number of aromatic hydroxyl groups is 1. The third-order valence-corrected chi connectivity index (χ3v) is 3.50.